The number of rotatable bonds is 6. The van der Waals surface area contributed by atoms with Crippen molar-refractivity contribution in [2.75, 3.05) is 13.7 Å². The largest absolute Gasteiger partial charge is 0.493 e. The molecular formula is C13H12INO4S. The molecule has 1 rings (SSSR count). The molecule has 5 nitrogen and oxygen atoms in total. The number of benzene rings is 1. The number of carbonyl (C=O) groups is 1. The molecular weight excluding hydrogens is 393 g/mol. The molecule has 0 bridgehead atoms. The maximum absolute atomic E-state index is 11.3. The molecule has 7 heteroatoms. The van der Waals surface area contributed by atoms with Crippen molar-refractivity contribution in [2.24, 2.45) is 0 Å². The summed E-state index contributed by atoms with van der Waals surface area (Å²) in [5, 5.41) is 9.12. The van der Waals surface area contributed by atoms with Crippen LogP contribution in [0.4, 0.5) is 0 Å². The van der Waals surface area contributed by atoms with Gasteiger partial charge < -0.3 is 13.7 Å². The van der Waals surface area contributed by atoms with E-state index < -0.39 is 5.97 Å². The molecule has 0 unspecified atom stereocenters. The van der Waals surface area contributed by atoms with E-state index >= 15 is 0 Å². The Morgan fingerprint density at radius 1 is 1.50 bits per heavy atom. The summed E-state index contributed by atoms with van der Waals surface area (Å²) in [6, 6.07) is 5.25. The summed E-state index contributed by atoms with van der Waals surface area (Å²) in [6.45, 7) is 2.03. The highest BCUT2D eigenvalue weighted by Gasteiger charge is 2.11. The fourth-order valence-electron chi connectivity index (χ4n) is 1.42. The molecule has 0 saturated heterocycles. The highest BCUT2D eigenvalue weighted by atomic mass is 127. The van der Waals surface area contributed by atoms with E-state index in [4.69, 9.17) is 18.9 Å². The first-order valence-electron chi connectivity index (χ1n) is 5.58. The van der Waals surface area contributed by atoms with E-state index in [2.05, 4.69) is 0 Å². The van der Waals surface area contributed by atoms with Crippen LogP contribution in [-0.4, -0.2) is 19.7 Å². The van der Waals surface area contributed by atoms with Crippen molar-refractivity contribution in [3.63, 3.8) is 0 Å². The lowest BCUT2D eigenvalue weighted by Gasteiger charge is -2.09. The summed E-state index contributed by atoms with van der Waals surface area (Å²) in [4.78, 5) is 11.3. The Morgan fingerprint density at radius 2 is 2.25 bits per heavy atom. The molecule has 0 aliphatic rings. The van der Waals surface area contributed by atoms with Gasteiger partial charge in [-0.15, -0.1) is 0 Å². The Kier molecular flexibility index (Phi) is 7.25. The highest BCUT2D eigenvalue weighted by molar-refractivity contribution is 14.2. The van der Waals surface area contributed by atoms with E-state index in [-0.39, 0.29) is 0 Å². The zero-order valence-electron chi connectivity index (χ0n) is 10.9. The second-order valence-electron chi connectivity index (χ2n) is 3.43. The Hall–Kier alpha value is -1.40. The van der Waals surface area contributed by atoms with Crippen LogP contribution in [0.3, 0.4) is 0 Å². The van der Waals surface area contributed by atoms with Crippen LogP contribution >= 0.6 is 30.4 Å². The molecule has 0 amide bonds. The predicted octanol–water partition coefficient (Wildman–Crippen LogP) is 3.52. The second kappa shape index (κ2) is 8.71. The van der Waals surface area contributed by atoms with Crippen molar-refractivity contribution >= 4 is 42.5 Å². The molecule has 0 spiro atoms. The first-order valence-corrected chi connectivity index (χ1v) is 8.86. The summed E-state index contributed by atoms with van der Waals surface area (Å²) in [5.74, 6) is 0.478. The summed E-state index contributed by atoms with van der Waals surface area (Å²) < 4.78 is 15.3. The number of methoxy groups -OCH3 is 1. The van der Waals surface area contributed by atoms with E-state index in [1.54, 1.807) is 19.1 Å². The van der Waals surface area contributed by atoms with Gasteiger partial charge in [-0.2, -0.15) is 5.26 Å². The smallest absolute Gasteiger partial charge is 0.330 e. The van der Waals surface area contributed by atoms with Crippen LogP contribution < -0.4 is 8.92 Å². The first kappa shape index (κ1) is 16.7. The molecule has 20 heavy (non-hydrogen) atoms. The number of nitriles is 1. The number of ether oxygens (including phenoxy) is 2. The predicted molar refractivity (Wildman–Crippen MR) is 85.6 cm³/mol. The van der Waals surface area contributed by atoms with Crippen molar-refractivity contribution in [1.29, 1.82) is 5.26 Å². The van der Waals surface area contributed by atoms with Gasteiger partial charge in [0.15, 0.2) is 11.5 Å². The van der Waals surface area contributed by atoms with Crippen LogP contribution in [0.1, 0.15) is 18.1 Å². The number of nitrogens with zero attached hydrogens (tertiary/aromatic N) is 1. The zero-order valence-corrected chi connectivity index (χ0v) is 13.9. The molecule has 1 aromatic carbocycles. The molecule has 106 valence electrons. The van der Waals surface area contributed by atoms with Crippen LogP contribution in [0.2, 0.25) is 0 Å². The molecule has 0 atom stereocenters. The fourth-order valence-corrected chi connectivity index (χ4v) is 2.20. The van der Waals surface area contributed by atoms with E-state index in [1.165, 1.54) is 19.3 Å². The molecule has 0 saturated carbocycles. The third-order valence-electron chi connectivity index (χ3n) is 2.26. The van der Waals surface area contributed by atoms with Gasteiger partial charge in [0.1, 0.15) is 9.21 Å². The molecule has 0 fully saturated rings. The Morgan fingerprint density at radius 3 is 2.80 bits per heavy atom. The van der Waals surface area contributed by atoms with Crippen LogP contribution in [0.25, 0.3) is 6.08 Å². The minimum atomic E-state index is -0.460. The maximum atomic E-state index is 11.3. The lowest BCUT2D eigenvalue weighted by molar-refractivity contribution is -0.137. The molecule has 0 aliphatic heterocycles. The summed E-state index contributed by atoms with van der Waals surface area (Å²) in [6.07, 6.45) is 2.79. The van der Waals surface area contributed by atoms with Crippen molar-refractivity contribution in [1.82, 2.24) is 0 Å². The van der Waals surface area contributed by atoms with E-state index in [1.807, 2.05) is 27.3 Å². The van der Waals surface area contributed by atoms with E-state index in [0.717, 1.165) is 9.21 Å². The van der Waals surface area contributed by atoms with Gasteiger partial charge in [0, 0.05) is 33.3 Å². The number of hydrogen-bond acceptors (Lipinski definition) is 6. The number of carbonyl (C=O) groups excluding carboxylic acids is 1. The molecule has 0 radical (unpaired) electrons. The SMILES string of the molecule is CCOC(=O)/C=C/c1cc(OSI)c(OC)cc1C#N. The molecule has 0 aliphatic carbocycles. The summed E-state index contributed by atoms with van der Waals surface area (Å²) in [7, 11) is 2.63. The van der Waals surface area contributed by atoms with Gasteiger partial charge in [0.05, 0.1) is 25.3 Å². The molecule has 0 aromatic heterocycles. The topological polar surface area (TPSA) is 68.6 Å². The third kappa shape index (κ3) is 4.61. The fraction of sp³-hybridized carbons (Fsp3) is 0.231. The average Bonchev–Trinajstić information content (AvgIpc) is 2.45. The van der Waals surface area contributed by atoms with Gasteiger partial charge in [0.2, 0.25) is 0 Å². The summed E-state index contributed by atoms with van der Waals surface area (Å²) >= 11 is 1.98. The van der Waals surface area contributed by atoms with Crippen LogP contribution in [0.5, 0.6) is 11.5 Å². The Bertz CT molecular complexity index is 554. The number of hydrogen-bond donors (Lipinski definition) is 0. The van der Waals surface area contributed by atoms with Crippen molar-refractivity contribution in [3.8, 4) is 17.6 Å². The normalized spacial score (nSPS) is 10.1. The van der Waals surface area contributed by atoms with Crippen LogP contribution in [-0.2, 0) is 9.53 Å². The monoisotopic (exact) mass is 405 g/mol. The van der Waals surface area contributed by atoms with Crippen molar-refractivity contribution in [3.05, 3.63) is 29.3 Å². The minimum Gasteiger partial charge on any atom is -0.493 e. The lowest BCUT2D eigenvalue weighted by Crippen LogP contribution is -1.99. The number of esters is 1. The van der Waals surface area contributed by atoms with Crippen molar-refractivity contribution < 1.29 is 18.5 Å². The Labute approximate surface area is 133 Å². The van der Waals surface area contributed by atoms with Crippen LogP contribution in [0.15, 0.2) is 18.2 Å². The lowest BCUT2D eigenvalue weighted by atomic mass is 10.1. The maximum Gasteiger partial charge on any atom is 0.330 e. The average molecular weight is 405 g/mol. The van der Waals surface area contributed by atoms with Crippen LogP contribution in [0, 0.1) is 11.3 Å². The molecule has 0 heterocycles. The highest BCUT2D eigenvalue weighted by Crippen LogP contribution is 2.34. The standard InChI is InChI=1S/C13H12INO4S/c1-3-18-13(16)5-4-9-6-12(19-20-14)11(17-2)7-10(9)8-15/h4-7H,3H2,1-2H3/b5-4+. The number of halogens is 1. The van der Waals surface area contributed by atoms with E-state index in [0.29, 0.717) is 29.2 Å². The second-order valence-corrected chi connectivity index (χ2v) is 4.81. The van der Waals surface area contributed by atoms with Gasteiger partial charge in [-0.1, -0.05) is 0 Å². The van der Waals surface area contributed by atoms with Gasteiger partial charge in [-0.05, 0) is 24.6 Å². The van der Waals surface area contributed by atoms with Gasteiger partial charge >= 0.3 is 5.97 Å². The molecule has 1 aromatic rings. The van der Waals surface area contributed by atoms with Gasteiger partial charge in [-0.25, -0.2) is 4.79 Å². The Balaban J connectivity index is 3.14. The molecule has 0 N–H and O–H groups in total. The third-order valence-corrected chi connectivity index (χ3v) is 3.05. The van der Waals surface area contributed by atoms with Crippen molar-refractivity contribution in [2.45, 2.75) is 6.92 Å². The summed E-state index contributed by atoms with van der Waals surface area (Å²) in [5.41, 5.74) is 0.940. The first-order chi connectivity index (χ1) is 9.65. The van der Waals surface area contributed by atoms with E-state index in [9.17, 15) is 4.79 Å². The minimum absolute atomic E-state index is 0.302. The zero-order chi connectivity index (χ0) is 15.0. The van der Waals surface area contributed by atoms with Gasteiger partial charge in [-0.3, -0.25) is 0 Å². The van der Waals surface area contributed by atoms with Gasteiger partial charge in [0.25, 0.3) is 0 Å². The quantitative estimate of drug-likeness (QED) is 0.312.